The number of amides is 1. The number of carbonyl (C=O) groups excluding carboxylic acids is 1. The molecule has 5 rings (SSSR count). The number of aromatic nitrogens is 2. The number of piperazine rings is 1. The van der Waals surface area contributed by atoms with Crippen LogP contribution in [0.15, 0.2) is 72.8 Å². The van der Waals surface area contributed by atoms with Crippen molar-refractivity contribution in [2.45, 2.75) is 13.8 Å². The van der Waals surface area contributed by atoms with Crippen LogP contribution in [0.1, 0.15) is 21.6 Å². The van der Waals surface area contributed by atoms with Crippen molar-refractivity contribution in [1.82, 2.24) is 14.7 Å². The van der Waals surface area contributed by atoms with E-state index < -0.39 is 0 Å². The number of benzene rings is 3. The third-order valence-electron chi connectivity index (χ3n) is 6.79. The van der Waals surface area contributed by atoms with Crippen LogP contribution in [-0.4, -0.2) is 53.9 Å². The molecule has 184 valence electrons. The van der Waals surface area contributed by atoms with Crippen molar-refractivity contribution in [3.8, 4) is 22.7 Å². The molecule has 36 heavy (non-hydrogen) atoms. The van der Waals surface area contributed by atoms with E-state index in [0.717, 1.165) is 41.5 Å². The molecule has 1 saturated heterocycles. The van der Waals surface area contributed by atoms with Gasteiger partial charge in [0.05, 0.1) is 18.5 Å². The van der Waals surface area contributed by atoms with Gasteiger partial charge in [-0.2, -0.15) is 5.10 Å². The van der Waals surface area contributed by atoms with Gasteiger partial charge in [-0.05, 0) is 79.6 Å². The van der Waals surface area contributed by atoms with Crippen molar-refractivity contribution < 1.29 is 9.53 Å². The van der Waals surface area contributed by atoms with Gasteiger partial charge in [-0.3, -0.25) is 4.79 Å². The number of aryl methyl sites for hydroxylation is 2. The zero-order valence-corrected chi connectivity index (χ0v) is 21.5. The lowest BCUT2D eigenvalue weighted by molar-refractivity contribution is 0.0737. The largest absolute Gasteiger partial charge is 0.497 e. The second-order valence-electron chi connectivity index (χ2n) is 9.08. The zero-order chi connectivity index (χ0) is 25.2. The van der Waals surface area contributed by atoms with E-state index in [1.54, 1.807) is 11.8 Å². The molecule has 4 aromatic rings. The van der Waals surface area contributed by atoms with Gasteiger partial charge in [-0.15, -0.1) is 0 Å². The Labute approximate surface area is 216 Å². The third-order valence-corrected chi connectivity index (χ3v) is 7.02. The number of rotatable bonds is 5. The molecule has 3 aromatic carbocycles. The van der Waals surface area contributed by atoms with Gasteiger partial charge in [0.2, 0.25) is 0 Å². The normalized spacial score (nSPS) is 13.7. The second kappa shape index (κ2) is 10.1. The number of carbonyl (C=O) groups is 1. The molecule has 2 heterocycles. The van der Waals surface area contributed by atoms with Crippen LogP contribution in [0.3, 0.4) is 0 Å². The van der Waals surface area contributed by atoms with Crippen LogP contribution in [0, 0.1) is 13.8 Å². The minimum Gasteiger partial charge on any atom is -0.497 e. The lowest BCUT2D eigenvalue weighted by atomic mass is 10.0. The van der Waals surface area contributed by atoms with Crippen LogP contribution >= 0.6 is 11.6 Å². The molecule has 0 saturated carbocycles. The Hall–Kier alpha value is -3.77. The van der Waals surface area contributed by atoms with E-state index >= 15 is 0 Å². The number of anilines is 1. The molecular weight excluding hydrogens is 472 g/mol. The third kappa shape index (κ3) is 4.82. The number of methoxy groups -OCH3 is 1. The summed E-state index contributed by atoms with van der Waals surface area (Å²) in [6.45, 7) is 6.91. The second-order valence-corrected chi connectivity index (χ2v) is 9.52. The summed E-state index contributed by atoms with van der Waals surface area (Å²) in [5.74, 6) is 0.726. The Morgan fingerprint density at radius 1 is 0.861 bits per heavy atom. The fourth-order valence-corrected chi connectivity index (χ4v) is 4.68. The topological polar surface area (TPSA) is 50.6 Å². The van der Waals surface area contributed by atoms with Gasteiger partial charge in [0, 0.05) is 42.5 Å². The summed E-state index contributed by atoms with van der Waals surface area (Å²) in [5, 5.41) is 5.58. The fourth-order valence-electron chi connectivity index (χ4n) is 4.50. The standard InChI is InChI=1S/C29H29ClN4O2/c1-20-7-8-22(17-21(20)2)27-19-28(34(31-27)24-9-11-26(36-3)12-10-24)29(35)33-15-13-32(14-16-33)25-6-4-5-23(30)18-25/h4-12,17-19H,13-16H2,1-3H3. The first kappa shape index (κ1) is 23.9. The predicted molar refractivity (Wildman–Crippen MR) is 145 cm³/mol. The van der Waals surface area contributed by atoms with Gasteiger partial charge < -0.3 is 14.5 Å². The van der Waals surface area contributed by atoms with Crippen molar-refractivity contribution in [2.24, 2.45) is 0 Å². The Balaban J connectivity index is 1.45. The van der Waals surface area contributed by atoms with Crippen LogP contribution in [0.5, 0.6) is 5.75 Å². The lowest BCUT2D eigenvalue weighted by Crippen LogP contribution is -2.49. The van der Waals surface area contributed by atoms with Crippen LogP contribution in [0.2, 0.25) is 5.02 Å². The first-order valence-electron chi connectivity index (χ1n) is 12.0. The summed E-state index contributed by atoms with van der Waals surface area (Å²) in [7, 11) is 1.64. The Bertz CT molecular complexity index is 1390. The number of halogens is 1. The van der Waals surface area contributed by atoms with Crippen LogP contribution < -0.4 is 9.64 Å². The molecule has 1 aromatic heterocycles. The smallest absolute Gasteiger partial charge is 0.272 e. The summed E-state index contributed by atoms with van der Waals surface area (Å²) in [6, 6.07) is 23.6. The molecule has 0 aliphatic carbocycles. The quantitative estimate of drug-likeness (QED) is 0.348. The monoisotopic (exact) mass is 500 g/mol. The maximum absolute atomic E-state index is 13.8. The van der Waals surface area contributed by atoms with E-state index in [9.17, 15) is 4.79 Å². The Morgan fingerprint density at radius 3 is 2.28 bits per heavy atom. The highest BCUT2D eigenvalue weighted by atomic mass is 35.5. The molecule has 1 fully saturated rings. The Morgan fingerprint density at radius 2 is 1.61 bits per heavy atom. The van der Waals surface area contributed by atoms with Gasteiger partial charge in [0.25, 0.3) is 5.91 Å². The van der Waals surface area contributed by atoms with E-state index in [0.29, 0.717) is 23.8 Å². The average Bonchev–Trinajstić information content (AvgIpc) is 3.35. The molecule has 0 bridgehead atoms. The number of hydrogen-bond donors (Lipinski definition) is 0. The first-order valence-corrected chi connectivity index (χ1v) is 12.4. The summed E-state index contributed by atoms with van der Waals surface area (Å²) < 4.78 is 7.06. The summed E-state index contributed by atoms with van der Waals surface area (Å²) in [6.07, 6.45) is 0. The molecule has 7 heteroatoms. The molecule has 0 atom stereocenters. The highest BCUT2D eigenvalue weighted by Gasteiger charge is 2.26. The molecule has 1 aliphatic heterocycles. The molecule has 0 unspecified atom stereocenters. The van der Waals surface area contributed by atoms with Crippen molar-refractivity contribution in [3.63, 3.8) is 0 Å². The first-order chi connectivity index (χ1) is 17.4. The van der Waals surface area contributed by atoms with E-state index in [1.165, 1.54) is 11.1 Å². The minimum atomic E-state index is -0.0286. The van der Waals surface area contributed by atoms with E-state index in [1.807, 2.05) is 53.4 Å². The van der Waals surface area contributed by atoms with Crippen LogP contribution in [0.4, 0.5) is 5.69 Å². The summed E-state index contributed by atoms with van der Waals surface area (Å²) in [5.41, 5.74) is 6.62. The molecule has 0 radical (unpaired) electrons. The van der Waals surface area contributed by atoms with Crippen molar-refractivity contribution in [1.29, 1.82) is 0 Å². The van der Waals surface area contributed by atoms with Gasteiger partial charge in [0.1, 0.15) is 11.4 Å². The maximum Gasteiger partial charge on any atom is 0.272 e. The maximum atomic E-state index is 13.8. The summed E-state index contributed by atoms with van der Waals surface area (Å²) >= 11 is 6.18. The highest BCUT2D eigenvalue weighted by molar-refractivity contribution is 6.30. The molecule has 1 aliphatic rings. The zero-order valence-electron chi connectivity index (χ0n) is 20.7. The average molecular weight is 501 g/mol. The van der Waals surface area contributed by atoms with Gasteiger partial charge >= 0.3 is 0 Å². The highest BCUT2D eigenvalue weighted by Crippen LogP contribution is 2.27. The summed E-state index contributed by atoms with van der Waals surface area (Å²) in [4.78, 5) is 17.9. The molecule has 6 nitrogen and oxygen atoms in total. The van der Waals surface area contributed by atoms with Gasteiger partial charge in [-0.1, -0.05) is 29.8 Å². The van der Waals surface area contributed by atoms with E-state index in [2.05, 4.69) is 43.0 Å². The molecule has 1 amide bonds. The predicted octanol–water partition coefficient (Wildman–Crippen LogP) is 5.78. The lowest BCUT2D eigenvalue weighted by Gasteiger charge is -2.36. The van der Waals surface area contributed by atoms with Crippen LogP contribution in [-0.2, 0) is 0 Å². The number of hydrogen-bond acceptors (Lipinski definition) is 4. The molecular formula is C29H29ClN4O2. The number of nitrogens with zero attached hydrogens (tertiary/aromatic N) is 4. The van der Waals surface area contributed by atoms with Gasteiger partial charge in [0.15, 0.2) is 0 Å². The SMILES string of the molecule is COc1ccc(-n2nc(-c3ccc(C)c(C)c3)cc2C(=O)N2CCN(c3cccc(Cl)c3)CC2)cc1. The van der Waals surface area contributed by atoms with Crippen molar-refractivity contribution >= 4 is 23.2 Å². The van der Waals surface area contributed by atoms with Gasteiger partial charge in [-0.25, -0.2) is 4.68 Å². The molecule has 0 N–H and O–H groups in total. The van der Waals surface area contributed by atoms with Crippen molar-refractivity contribution in [2.75, 3.05) is 38.2 Å². The van der Waals surface area contributed by atoms with E-state index in [-0.39, 0.29) is 5.91 Å². The van der Waals surface area contributed by atoms with Crippen LogP contribution in [0.25, 0.3) is 16.9 Å². The molecule has 0 spiro atoms. The fraction of sp³-hybridized carbons (Fsp3) is 0.241. The number of ether oxygens (including phenoxy) is 1. The van der Waals surface area contributed by atoms with E-state index in [4.69, 9.17) is 21.4 Å². The van der Waals surface area contributed by atoms with Crippen molar-refractivity contribution in [3.05, 3.63) is 94.6 Å². The minimum absolute atomic E-state index is 0.0286. The Kier molecular flexibility index (Phi) is 6.70.